The van der Waals surface area contributed by atoms with Crippen molar-refractivity contribution in [3.8, 4) is 5.88 Å². The minimum absolute atomic E-state index is 0.127. The third-order valence-electron chi connectivity index (χ3n) is 7.45. The van der Waals surface area contributed by atoms with E-state index in [4.69, 9.17) is 9.47 Å². The van der Waals surface area contributed by atoms with E-state index in [0.29, 0.717) is 35.7 Å². The van der Waals surface area contributed by atoms with Gasteiger partial charge in [0.05, 0.1) is 24.1 Å². The van der Waals surface area contributed by atoms with Gasteiger partial charge in [-0.25, -0.2) is 23.1 Å². The first-order valence-corrected chi connectivity index (χ1v) is 13.0. The Morgan fingerprint density at radius 1 is 1.13 bits per heavy atom. The van der Waals surface area contributed by atoms with Gasteiger partial charge < -0.3 is 19.7 Å². The number of rotatable bonds is 7. The van der Waals surface area contributed by atoms with Crippen molar-refractivity contribution in [2.24, 2.45) is 0 Å². The van der Waals surface area contributed by atoms with Crippen molar-refractivity contribution in [1.82, 2.24) is 19.9 Å². The predicted molar refractivity (Wildman–Crippen MR) is 140 cm³/mol. The van der Waals surface area contributed by atoms with Gasteiger partial charge in [0.2, 0.25) is 5.88 Å². The van der Waals surface area contributed by atoms with E-state index in [1.807, 2.05) is 6.07 Å². The Hall–Kier alpha value is -3.18. The molecule has 38 heavy (non-hydrogen) atoms. The molecule has 2 aliphatic rings. The van der Waals surface area contributed by atoms with Crippen LogP contribution in [0.3, 0.4) is 0 Å². The highest BCUT2D eigenvalue weighted by atomic mass is 19.3. The number of fused-ring (bicyclic) bond motifs is 1. The molecule has 2 saturated heterocycles. The number of hydrogen-bond acceptors (Lipinski definition) is 8. The number of piperazine rings is 1. The van der Waals surface area contributed by atoms with Gasteiger partial charge in [-0.1, -0.05) is 18.2 Å². The van der Waals surface area contributed by atoms with Gasteiger partial charge in [0, 0.05) is 57.9 Å². The molecule has 0 bridgehead atoms. The highest BCUT2D eigenvalue weighted by Gasteiger charge is 2.31. The zero-order valence-corrected chi connectivity index (χ0v) is 21.9. The van der Waals surface area contributed by atoms with Crippen LogP contribution in [0.2, 0.25) is 0 Å². The number of benzene rings is 1. The third-order valence-corrected chi connectivity index (χ3v) is 7.45. The fourth-order valence-electron chi connectivity index (χ4n) is 5.34. The molecule has 3 aromatic rings. The van der Waals surface area contributed by atoms with Crippen molar-refractivity contribution < 1.29 is 22.6 Å². The van der Waals surface area contributed by atoms with Gasteiger partial charge >= 0.3 is 0 Å². The van der Waals surface area contributed by atoms with E-state index < -0.39 is 23.3 Å². The Kier molecular flexibility index (Phi) is 7.58. The highest BCUT2D eigenvalue weighted by molar-refractivity contribution is 5.90. The number of alkyl halides is 2. The lowest BCUT2D eigenvalue weighted by Gasteiger charge is -2.41. The van der Waals surface area contributed by atoms with Crippen LogP contribution in [0, 0.1) is 5.82 Å². The van der Waals surface area contributed by atoms with Crippen LogP contribution >= 0.6 is 0 Å². The molecule has 204 valence electrons. The van der Waals surface area contributed by atoms with Crippen molar-refractivity contribution in [1.29, 1.82) is 0 Å². The maximum absolute atomic E-state index is 15.0. The van der Waals surface area contributed by atoms with Crippen LogP contribution in [0.1, 0.15) is 43.9 Å². The number of ether oxygens (including phenoxy) is 2. The van der Waals surface area contributed by atoms with Crippen molar-refractivity contribution in [3.63, 3.8) is 0 Å². The molecule has 8 nitrogen and oxygen atoms in total. The Labute approximate surface area is 220 Å². The van der Waals surface area contributed by atoms with Crippen LogP contribution < -0.4 is 15.0 Å². The third kappa shape index (κ3) is 5.35. The van der Waals surface area contributed by atoms with Crippen LogP contribution in [0.4, 0.5) is 24.7 Å². The number of pyridine rings is 1. The molecule has 0 unspecified atom stereocenters. The summed E-state index contributed by atoms with van der Waals surface area (Å²) in [6, 6.07) is 5.90. The number of methoxy groups -OCH3 is 1. The van der Waals surface area contributed by atoms with Crippen LogP contribution in [0.25, 0.3) is 11.0 Å². The van der Waals surface area contributed by atoms with Crippen LogP contribution in [0.15, 0.2) is 30.6 Å². The van der Waals surface area contributed by atoms with Gasteiger partial charge in [-0.15, -0.1) is 0 Å². The summed E-state index contributed by atoms with van der Waals surface area (Å²) < 4.78 is 53.9. The second kappa shape index (κ2) is 10.9. The van der Waals surface area contributed by atoms with Gasteiger partial charge in [0.25, 0.3) is 5.92 Å². The number of halogens is 3. The van der Waals surface area contributed by atoms with Crippen molar-refractivity contribution in [3.05, 3.63) is 47.5 Å². The minimum Gasteiger partial charge on any atom is -0.479 e. The number of anilines is 2. The molecule has 0 radical (unpaired) electrons. The Bertz CT molecular complexity index is 1270. The van der Waals surface area contributed by atoms with E-state index in [0.717, 1.165) is 64.0 Å². The first kappa shape index (κ1) is 26.4. The maximum atomic E-state index is 15.0. The fourth-order valence-corrected chi connectivity index (χ4v) is 5.34. The quantitative estimate of drug-likeness (QED) is 0.469. The monoisotopic (exact) mass is 530 g/mol. The molecule has 2 aromatic heterocycles. The molecule has 5 rings (SSSR count). The molecule has 4 heterocycles. The summed E-state index contributed by atoms with van der Waals surface area (Å²) >= 11 is 0. The predicted octanol–water partition coefficient (Wildman–Crippen LogP) is 4.76. The molecule has 0 saturated carbocycles. The average molecular weight is 531 g/mol. The second-order valence-corrected chi connectivity index (χ2v) is 9.94. The molecule has 1 atom stereocenters. The van der Waals surface area contributed by atoms with Gasteiger partial charge in [-0.2, -0.15) is 4.98 Å². The Balaban J connectivity index is 1.41. The van der Waals surface area contributed by atoms with E-state index in [9.17, 15) is 8.78 Å². The van der Waals surface area contributed by atoms with Crippen LogP contribution in [-0.2, 0) is 10.7 Å². The summed E-state index contributed by atoms with van der Waals surface area (Å²) in [5.41, 5.74) is 0.743. The molecule has 0 amide bonds. The number of nitrogens with one attached hydrogen (secondary N) is 1. The Morgan fingerprint density at radius 3 is 2.55 bits per heavy atom. The first-order valence-electron chi connectivity index (χ1n) is 13.0. The molecule has 1 N–H and O–H groups in total. The van der Waals surface area contributed by atoms with Crippen LogP contribution in [-0.4, -0.2) is 72.4 Å². The lowest BCUT2D eigenvalue weighted by molar-refractivity contribution is 0.0136. The lowest BCUT2D eigenvalue weighted by Crippen LogP contribution is -2.51. The van der Waals surface area contributed by atoms with E-state index in [1.165, 1.54) is 18.5 Å². The number of aromatic nitrogens is 3. The van der Waals surface area contributed by atoms with Gasteiger partial charge in [-0.05, 0) is 25.8 Å². The standard InChI is InChI=1S/C27H33F3N6O2/c1-17(19-5-4-6-21(23(19)28)27(2,29)30)33-24-20-15-22(26(37-3)34-25(20)32-16-31-24)36-11-9-35(10-12-36)18-7-13-38-14-8-18/h4-6,15-18H,7-14H2,1-3H3,(H,31,32,33,34)/t17-/m1/s1. The average Bonchev–Trinajstić information content (AvgIpc) is 2.92. The molecule has 0 aliphatic carbocycles. The number of hydrogen-bond donors (Lipinski definition) is 1. The summed E-state index contributed by atoms with van der Waals surface area (Å²) in [5.74, 6) is -3.31. The minimum atomic E-state index is -3.29. The summed E-state index contributed by atoms with van der Waals surface area (Å²) in [4.78, 5) is 18.1. The molecule has 0 spiro atoms. The molecular formula is C27H33F3N6O2. The van der Waals surface area contributed by atoms with E-state index in [-0.39, 0.29) is 5.56 Å². The molecule has 11 heteroatoms. The van der Waals surface area contributed by atoms with Gasteiger partial charge in [-0.3, -0.25) is 4.90 Å². The highest BCUT2D eigenvalue weighted by Crippen LogP contribution is 2.36. The maximum Gasteiger partial charge on any atom is 0.273 e. The fraction of sp³-hybridized carbons (Fsp3) is 0.519. The van der Waals surface area contributed by atoms with Gasteiger partial charge in [0.15, 0.2) is 5.65 Å². The normalized spacial score (nSPS) is 18.5. The molecule has 1 aromatic carbocycles. The topological polar surface area (TPSA) is 75.6 Å². The second-order valence-electron chi connectivity index (χ2n) is 9.94. The van der Waals surface area contributed by atoms with Crippen molar-refractivity contribution in [2.45, 2.75) is 44.7 Å². The summed E-state index contributed by atoms with van der Waals surface area (Å²) in [5, 5.41) is 3.82. The van der Waals surface area contributed by atoms with E-state index in [1.54, 1.807) is 14.0 Å². The van der Waals surface area contributed by atoms with E-state index >= 15 is 4.39 Å². The summed E-state index contributed by atoms with van der Waals surface area (Å²) in [6.45, 7) is 7.52. The van der Waals surface area contributed by atoms with Crippen molar-refractivity contribution in [2.75, 3.05) is 56.7 Å². The summed E-state index contributed by atoms with van der Waals surface area (Å²) in [6.07, 6.45) is 3.48. The Morgan fingerprint density at radius 2 is 1.87 bits per heavy atom. The zero-order chi connectivity index (χ0) is 26.9. The van der Waals surface area contributed by atoms with Crippen molar-refractivity contribution >= 4 is 22.5 Å². The molecular weight excluding hydrogens is 497 g/mol. The largest absolute Gasteiger partial charge is 0.479 e. The zero-order valence-electron chi connectivity index (χ0n) is 21.9. The number of nitrogens with zero attached hydrogens (tertiary/aromatic N) is 5. The SMILES string of the molecule is COc1nc2ncnc(N[C@H](C)c3cccc(C(C)(F)F)c3F)c2cc1N1CCN(C2CCOCC2)CC1. The van der Waals surface area contributed by atoms with Gasteiger partial charge in [0.1, 0.15) is 23.6 Å². The van der Waals surface area contributed by atoms with Crippen LogP contribution in [0.5, 0.6) is 5.88 Å². The summed E-state index contributed by atoms with van der Waals surface area (Å²) in [7, 11) is 1.58. The van der Waals surface area contributed by atoms with E-state index in [2.05, 4.69) is 30.1 Å². The first-order chi connectivity index (χ1) is 18.3. The molecule has 2 aliphatic heterocycles. The molecule has 2 fully saturated rings. The lowest BCUT2D eigenvalue weighted by atomic mass is 10.0. The smallest absolute Gasteiger partial charge is 0.273 e.